The standard InChI is InChI=1S/C24H48O8Si8/c1-17-33(9)25-34(10,18-2)27-36(12,20-4)29-38(14,22-6)31-40(16,24-8)32-39(15,23-7)30-37(13,21-5)28-35(11,19-3)26-33/h17-24H,1-8H2,9-16H3. The van der Waals surface area contributed by atoms with Crippen LogP contribution in [0.5, 0.6) is 0 Å². The second-order valence-corrected chi connectivity index (χ2v) is 36.6. The summed E-state index contributed by atoms with van der Waals surface area (Å²) in [5, 5.41) is 0. The maximum absolute atomic E-state index is 6.72. The fourth-order valence-corrected chi connectivity index (χ4v) is 39.5. The predicted octanol–water partition coefficient (Wildman–Crippen LogP) is 6.51. The van der Waals surface area contributed by atoms with Gasteiger partial charge in [0.2, 0.25) is 0 Å². The molecule has 16 heteroatoms. The molecule has 0 unspecified atom stereocenters. The second kappa shape index (κ2) is 13.3. The van der Waals surface area contributed by atoms with Crippen molar-refractivity contribution in [2.24, 2.45) is 0 Å². The van der Waals surface area contributed by atoms with Crippen LogP contribution in [0.1, 0.15) is 0 Å². The van der Waals surface area contributed by atoms with E-state index in [1.54, 1.807) is 45.6 Å². The fraction of sp³-hybridized carbons (Fsp3) is 0.333. The van der Waals surface area contributed by atoms with Gasteiger partial charge in [-0.05, 0) is 52.4 Å². The summed E-state index contributed by atoms with van der Waals surface area (Å²) in [4.78, 5) is 0. The van der Waals surface area contributed by atoms with Crippen molar-refractivity contribution in [2.45, 2.75) is 52.4 Å². The van der Waals surface area contributed by atoms with E-state index in [4.69, 9.17) is 32.9 Å². The molecule has 1 aliphatic heterocycles. The third kappa shape index (κ3) is 9.69. The van der Waals surface area contributed by atoms with Crippen molar-refractivity contribution in [3.05, 3.63) is 98.2 Å². The lowest BCUT2D eigenvalue weighted by Crippen LogP contribution is -2.65. The molecule has 0 aromatic rings. The summed E-state index contributed by atoms with van der Waals surface area (Å²) in [7, 11) is -25.2. The Morgan fingerprint density at radius 2 is 0.325 bits per heavy atom. The molecule has 0 saturated carbocycles. The molecule has 0 atom stereocenters. The Kier molecular flexibility index (Phi) is 12.4. The lowest BCUT2D eigenvalue weighted by Gasteiger charge is -2.46. The quantitative estimate of drug-likeness (QED) is 0.268. The van der Waals surface area contributed by atoms with Crippen molar-refractivity contribution in [3.63, 3.8) is 0 Å². The molecule has 1 aliphatic rings. The van der Waals surface area contributed by atoms with Crippen LogP contribution in [0.25, 0.3) is 0 Å². The molecule has 1 fully saturated rings. The average Bonchev–Trinajstić information content (AvgIpc) is 2.87. The number of hydrogen-bond acceptors (Lipinski definition) is 8. The van der Waals surface area contributed by atoms with Crippen LogP contribution in [0.4, 0.5) is 0 Å². The first-order valence-corrected chi connectivity index (χ1v) is 32.0. The fourth-order valence-electron chi connectivity index (χ4n) is 4.05. The van der Waals surface area contributed by atoms with Gasteiger partial charge in [-0.1, -0.05) is 45.6 Å². The molecule has 0 aromatic heterocycles. The van der Waals surface area contributed by atoms with E-state index in [9.17, 15) is 0 Å². The third-order valence-corrected chi connectivity index (χ3v) is 38.1. The first-order chi connectivity index (χ1) is 18.1. The van der Waals surface area contributed by atoms with E-state index in [1.807, 2.05) is 52.4 Å². The molecule has 1 heterocycles. The van der Waals surface area contributed by atoms with Gasteiger partial charge in [0, 0.05) is 0 Å². The molecule has 1 saturated heterocycles. The van der Waals surface area contributed by atoms with E-state index in [0.717, 1.165) is 0 Å². The highest BCUT2D eigenvalue weighted by Crippen LogP contribution is 2.33. The predicted molar refractivity (Wildman–Crippen MR) is 183 cm³/mol. The monoisotopic (exact) mass is 688 g/mol. The van der Waals surface area contributed by atoms with Gasteiger partial charge < -0.3 is 32.9 Å². The Balaban J connectivity index is 3.94. The average molecular weight is 689 g/mol. The van der Waals surface area contributed by atoms with Crippen molar-refractivity contribution < 1.29 is 32.9 Å². The van der Waals surface area contributed by atoms with Crippen LogP contribution < -0.4 is 0 Å². The van der Waals surface area contributed by atoms with Crippen LogP contribution in [0.15, 0.2) is 98.2 Å². The molecule has 0 spiro atoms. The van der Waals surface area contributed by atoms with Gasteiger partial charge in [-0.2, -0.15) is 0 Å². The van der Waals surface area contributed by atoms with Gasteiger partial charge >= 0.3 is 68.5 Å². The van der Waals surface area contributed by atoms with Gasteiger partial charge in [-0.25, -0.2) is 0 Å². The van der Waals surface area contributed by atoms with Gasteiger partial charge in [0.15, 0.2) is 0 Å². The summed E-state index contributed by atoms with van der Waals surface area (Å²) in [5.41, 5.74) is 13.6. The van der Waals surface area contributed by atoms with Crippen LogP contribution in [0.3, 0.4) is 0 Å². The first kappa shape index (κ1) is 37.4. The Bertz CT molecular complexity index is 778. The first-order valence-electron chi connectivity index (χ1n) is 12.8. The maximum Gasteiger partial charge on any atom is 0.344 e. The molecule has 224 valence electrons. The topological polar surface area (TPSA) is 73.8 Å². The maximum atomic E-state index is 6.72. The van der Waals surface area contributed by atoms with Crippen LogP contribution in [0, 0.1) is 0 Å². The minimum absolute atomic E-state index is 1.70. The van der Waals surface area contributed by atoms with Gasteiger partial charge in [0.25, 0.3) is 0 Å². The minimum Gasteiger partial charge on any atom is -0.410 e. The molecule has 1 rings (SSSR count). The van der Waals surface area contributed by atoms with Crippen molar-refractivity contribution in [1.82, 2.24) is 0 Å². The van der Waals surface area contributed by atoms with Crippen LogP contribution >= 0.6 is 0 Å². The zero-order valence-corrected chi connectivity index (χ0v) is 33.5. The normalized spacial score (nSPS) is 45.8. The zero-order valence-electron chi connectivity index (χ0n) is 25.5. The molecular formula is C24H48O8Si8. The molecule has 0 amide bonds. The van der Waals surface area contributed by atoms with E-state index in [2.05, 4.69) is 52.6 Å². The highest BCUT2D eigenvalue weighted by Gasteiger charge is 2.55. The van der Waals surface area contributed by atoms with Gasteiger partial charge in [0.1, 0.15) is 0 Å². The summed E-state index contributed by atoms with van der Waals surface area (Å²) in [6.07, 6.45) is 0. The van der Waals surface area contributed by atoms with Crippen molar-refractivity contribution in [3.8, 4) is 0 Å². The van der Waals surface area contributed by atoms with Crippen molar-refractivity contribution >= 4 is 68.5 Å². The van der Waals surface area contributed by atoms with Crippen LogP contribution in [-0.2, 0) is 32.9 Å². The largest absolute Gasteiger partial charge is 0.410 e. The number of rotatable bonds is 8. The number of hydrogen-bond donors (Lipinski definition) is 0. The van der Waals surface area contributed by atoms with E-state index in [1.165, 1.54) is 0 Å². The van der Waals surface area contributed by atoms with Crippen molar-refractivity contribution in [2.75, 3.05) is 0 Å². The van der Waals surface area contributed by atoms with E-state index in [-0.39, 0.29) is 0 Å². The van der Waals surface area contributed by atoms with E-state index >= 15 is 0 Å². The summed E-state index contributed by atoms with van der Waals surface area (Å²) >= 11 is 0. The minimum atomic E-state index is -3.15. The van der Waals surface area contributed by atoms with Crippen molar-refractivity contribution in [1.29, 1.82) is 0 Å². The second-order valence-electron chi connectivity index (χ2n) is 10.6. The Morgan fingerprint density at radius 1 is 0.250 bits per heavy atom. The molecule has 0 bridgehead atoms. The molecule has 0 aromatic carbocycles. The van der Waals surface area contributed by atoms with Gasteiger partial charge in [-0.15, -0.1) is 52.6 Å². The summed E-state index contributed by atoms with van der Waals surface area (Å²) in [6.45, 7) is 47.4. The smallest absolute Gasteiger partial charge is 0.344 e. The zero-order chi connectivity index (χ0) is 31.3. The Labute approximate surface area is 251 Å². The van der Waals surface area contributed by atoms with E-state index in [0.29, 0.717) is 0 Å². The highest BCUT2D eigenvalue weighted by molar-refractivity contribution is 6.99. The van der Waals surface area contributed by atoms with Crippen LogP contribution in [0.2, 0.25) is 52.4 Å². The lowest BCUT2D eigenvalue weighted by molar-refractivity contribution is 0.253. The van der Waals surface area contributed by atoms with Gasteiger partial charge in [0.05, 0.1) is 0 Å². The molecular weight excluding hydrogens is 641 g/mol. The molecule has 8 nitrogen and oxygen atoms in total. The third-order valence-electron chi connectivity index (χ3n) is 6.21. The summed E-state index contributed by atoms with van der Waals surface area (Å²) in [5.74, 6) is 0. The highest BCUT2D eigenvalue weighted by atomic mass is 28.5. The Hall–Kier alpha value is -0.665. The SMILES string of the molecule is C=C[Si]1(C)O[Si](C)(C=C)O[Si](C)(C=C)O[Si](C)(C=C)O[Si](C)(C=C)O[Si](C)(C=C)O[Si](C)(C=C)O[Si](C)(C=C)O1. The van der Waals surface area contributed by atoms with Gasteiger partial charge in [-0.3, -0.25) is 0 Å². The summed E-state index contributed by atoms with van der Waals surface area (Å²) in [6, 6.07) is 0. The van der Waals surface area contributed by atoms with Crippen LogP contribution in [-0.4, -0.2) is 68.5 Å². The van der Waals surface area contributed by atoms with E-state index < -0.39 is 68.5 Å². The summed E-state index contributed by atoms with van der Waals surface area (Å²) < 4.78 is 53.7. The molecule has 0 N–H and O–H groups in total. The molecule has 40 heavy (non-hydrogen) atoms. The molecule has 0 radical (unpaired) electrons. The Morgan fingerprint density at radius 3 is 0.375 bits per heavy atom. The lowest BCUT2D eigenvalue weighted by atomic mass is 11.3. The molecule has 0 aliphatic carbocycles.